The summed E-state index contributed by atoms with van der Waals surface area (Å²) in [4.78, 5) is 14.1. The number of hydrogen-bond acceptors (Lipinski definition) is 5. The van der Waals surface area contributed by atoms with Gasteiger partial charge in [0.05, 0.1) is 24.4 Å². The summed E-state index contributed by atoms with van der Waals surface area (Å²) in [5.41, 5.74) is -0.179. The van der Waals surface area contributed by atoms with E-state index in [0.29, 0.717) is 30.5 Å². The van der Waals surface area contributed by atoms with Crippen molar-refractivity contribution >= 4 is 33.2 Å². The highest BCUT2D eigenvalue weighted by molar-refractivity contribution is 7.92. The van der Waals surface area contributed by atoms with Crippen LogP contribution in [0.25, 0.3) is 11.1 Å². The minimum atomic E-state index is -4.51. The molecule has 0 radical (unpaired) electrons. The molecule has 1 N–H and O–H groups in total. The van der Waals surface area contributed by atoms with Crippen LogP contribution in [-0.4, -0.2) is 46.0 Å². The van der Waals surface area contributed by atoms with E-state index >= 15 is 0 Å². The average molecular weight is 521 g/mol. The molecule has 1 fully saturated rings. The van der Waals surface area contributed by atoms with Crippen molar-refractivity contribution < 1.29 is 31.5 Å². The number of halogens is 3. The van der Waals surface area contributed by atoms with Gasteiger partial charge >= 0.3 is 0 Å². The minimum absolute atomic E-state index is 0.0205. The number of methoxy groups -OCH3 is 1. The maximum absolute atomic E-state index is 14.8. The van der Waals surface area contributed by atoms with Crippen LogP contribution in [0.5, 0.6) is 11.5 Å². The number of nitrogens with zero attached hydrogens (tertiary/aromatic N) is 1. The molecule has 3 aromatic rings. The number of nitrogens with one attached hydrogen (secondary N) is 1. The maximum atomic E-state index is 14.8. The van der Waals surface area contributed by atoms with Crippen molar-refractivity contribution in [3.63, 3.8) is 0 Å². The zero-order valence-corrected chi connectivity index (χ0v) is 19.9. The van der Waals surface area contributed by atoms with E-state index in [-0.39, 0.29) is 34.4 Å². The van der Waals surface area contributed by atoms with Crippen LogP contribution >= 0.6 is 11.6 Å². The van der Waals surface area contributed by atoms with Crippen molar-refractivity contribution in [2.75, 3.05) is 31.5 Å². The molecule has 0 aliphatic carbocycles. The van der Waals surface area contributed by atoms with Crippen LogP contribution in [0.3, 0.4) is 0 Å². The first-order chi connectivity index (χ1) is 16.7. The Morgan fingerprint density at radius 2 is 1.83 bits per heavy atom. The fourth-order valence-corrected chi connectivity index (χ4v) is 5.80. The molecule has 7 nitrogen and oxygen atoms in total. The van der Waals surface area contributed by atoms with Gasteiger partial charge in [-0.15, -0.1) is 0 Å². The lowest BCUT2D eigenvalue weighted by Crippen LogP contribution is -2.52. The summed E-state index contributed by atoms with van der Waals surface area (Å²) in [6, 6.07) is 10.7. The van der Waals surface area contributed by atoms with E-state index in [2.05, 4.69) is 4.72 Å². The molecule has 3 aliphatic heterocycles. The normalized spacial score (nSPS) is 17.0. The van der Waals surface area contributed by atoms with E-state index in [4.69, 9.17) is 21.1 Å². The summed E-state index contributed by atoms with van der Waals surface area (Å²) in [6.07, 6.45) is 0. The number of rotatable bonds is 1. The second-order valence-corrected chi connectivity index (χ2v) is 10.3. The van der Waals surface area contributed by atoms with Gasteiger partial charge in [-0.3, -0.25) is 9.52 Å². The molecule has 182 valence electrons. The van der Waals surface area contributed by atoms with Gasteiger partial charge in [0.25, 0.3) is 15.9 Å². The fourth-order valence-electron chi connectivity index (χ4n) is 4.17. The predicted octanol–water partition coefficient (Wildman–Crippen LogP) is 4.56. The number of ether oxygens (including phenoxy) is 2. The molecule has 6 bridgehead atoms. The van der Waals surface area contributed by atoms with E-state index in [1.165, 1.54) is 18.1 Å². The lowest BCUT2D eigenvalue weighted by Gasteiger charge is -2.39. The van der Waals surface area contributed by atoms with Gasteiger partial charge in [0.2, 0.25) is 0 Å². The molecular weight excluding hydrogens is 502 g/mol. The topological polar surface area (TPSA) is 84.9 Å². The number of para-hydroxylation sites is 1. The number of fused-ring (bicyclic) bond motifs is 2. The van der Waals surface area contributed by atoms with Gasteiger partial charge in [-0.2, -0.15) is 0 Å². The van der Waals surface area contributed by atoms with E-state index in [1.54, 1.807) is 24.3 Å². The monoisotopic (exact) mass is 520 g/mol. The number of amides is 1. The van der Waals surface area contributed by atoms with Gasteiger partial charge in [0.15, 0.2) is 5.75 Å². The van der Waals surface area contributed by atoms with Crippen molar-refractivity contribution in [1.29, 1.82) is 0 Å². The first-order valence-corrected chi connectivity index (χ1v) is 12.4. The quantitative estimate of drug-likeness (QED) is 0.508. The third-order valence-corrected chi connectivity index (χ3v) is 7.60. The SMILES string of the molecule is COc1c(Cl)cc2cc1S(=O)(=O)Nc1cc(c(F)cc1F)-c1ccccc1OCC1CN(C1)C2=O. The van der Waals surface area contributed by atoms with Gasteiger partial charge in [0, 0.05) is 41.8 Å². The summed E-state index contributed by atoms with van der Waals surface area (Å²) in [5, 5.41) is -0.102. The van der Waals surface area contributed by atoms with Gasteiger partial charge in [-0.25, -0.2) is 17.2 Å². The van der Waals surface area contributed by atoms with E-state index < -0.39 is 38.1 Å². The van der Waals surface area contributed by atoms with Gasteiger partial charge < -0.3 is 14.4 Å². The summed E-state index contributed by atoms with van der Waals surface area (Å²) >= 11 is 6.24. The Morgan fingerprint density at radius 1 is 1.09 bits per heavy atom. The third-order valence-electron chi connectivity index (χ3n) is 5.95. The molecule has 3 aromatic carbocycles. The zero-order valence-electron chi connectivity index (χ0n) is 18.3. The van der Waals surface area contributed by atoms with E-state index in [0.717, 1.165) is 12.1 Å². The van der Waals surface area contributed by atoms with Gasteiger partial charge in [-0.05, 0) is 24.3 Å². The first-order valence-electron chi connectivity index (χ1n) is 10.6. The molecule has 3 heterocycles. The van der Waals surface area contributed by atoms with Crippen molar-refractivity contribution in [1.82, 2.24) is 4.90 Å². The van der Waals surface area contributed by atoms with Crippen molar-refractivity contribution in [3.05, 3.63) is 70.8 Å². The number of anilines is 1. The van der Waals surface area contributed by atoms with Crippen LogP contribution in [0.4, 0.5) is 14.5 Å². The second-order valence-electron chi connectivity index (χ2n) is 8.29. The van der Waals surface area contributed by atoms with Crippen LogP contribution in [0.1, 0.15) is 10.4 Å². The fraction of sp³-hybridized carbons (Fsp3) is 0.208. The number of carbonyl (C=O) groups is 1. The maximum Gasteiger partial charge on any atom is 0.265 e. The Kier molecular flexibility index (Phi) is 5.80. The molecule has 11 heteroatoms. The van der Waals surface area contributed by atoms with Gasteiger partial charge in [0.1, 0.15) is 22.3 Å². The highest BCUT2D eigenvalue weighted by Gasteiger charge is 2.34. The predicted molar refractivity (Wildman–Crippen MR) is 125 cm³/mol. The highest BCUT2D eigenvalue weighted by atomic mass is 35.5. The first kappa shape index (κ1) is 23.4. The minimum Gasteiger partial charge on any atom is -0.494 e. The lowest BCUT2D eigenvalue weighted by molar-refractivity contribution is 0.0393. The van der Waals surface area contributed by atoms with Crippen molar-refractivity contribution in [2.24, 2.45) is 5.92 Å². The van der Waals surface area contributed by atoms with Crippen LogP contribution in [0.2, 0.25) is 5.02 Å². The number of carbonyl (C=O) groups excluding carboxylic acids is 1. The highest BCUT2D eigenvalue weighted by Crippen LogP contribution is 2.38. The van der Waals surface area contributed by atoms with Crippen molar-refractivity contribution in [2.45, 2.75) is 4.90 Å². The molecule has 0 aromatic heterocycles. The zero-order chi connectivity index (χ0) is 24.9. The Bertz CT molecular complexity index is 1460. The Morgan fingerprint density at radius 3 is 2.57 bits per heavy atom. The van der Waals surface area contributed by atoms with Crippen molar-refractivity contribution in [3.8, 4) is 22.6 Å². The smallest absolute Gasteiger partial charge is 0.265 e. The molecular formula is C24H19ClF2N2O5S. The molecule has 3 aliphatic rings. The molecule has 0 unspecified atom stereocenters. The van der Waals surface area contributed by atoms with Crippen LogP contribution < -0.4 is 14.2 Å². The summed E-state index contributed by atoms with van der Waals surface area (Å²) in [6.45, 7) is 1.05. The molecule has 0 atom stereocenters. The van der Waals surface area contributed by atoms with Crippen LogP contribution in [0.15, 0.2) is 53.4 Å². The molecule has 6 rings (SSSR count). The van der Waals surface area contributed by atoms with Crippen LogP contribution in [0, 0.1) is 17.6 Å². The summed E-state index contributed by atoms with van der Waals surface area (Å²) in [5.74, 6) is -2.26. The van der Waals surface area contributed by atoms with Gasteiger partial charge in [-0.1, -0.05) is 29.8 Å². The number of sulfonamides is 1. The molecule has 35 heavy (non-hydrogen) atoms. The van der Waals surface area contributed by atoms with E-state index in [1.807, 2.05) is 0 Å². The second kappa shape index (κ2) is 8.69. The molecule has 1 amide bonds. The average Bonchev–Trinajstić information content (AvgIpc) is 2.79. The summed E-state index contributed by atoms with van der Waals surface area (Å²) < 4.78 is 69.4. The van der Waals surface area contributed by atoms with E-state index in [9.17, 15) is 22.0 Å². The lowest BCUT2D eigenvalue weighted by atomic mass is 9.99. The number of hydrogen-bond donors (Lipinski definition) is 1. The Labute approximate surface area is 205 Å². The molecule has 1 saturated heterocycles. The van der Waals surface area contributed by atoms with Crippen LogP contribution in [-0.2, 0) is 10.0 Å². The molecule has 0 spiro atoms. The largest absolute Gasteiger partial charge is 0.494 e. The molecule has 0 saturated carbocycles. The Balaban J connectivity index is 1.71. The standard InChI is InChI=1S/C24H19ClF2N2O5S/c1-33-23-17(25)6-14-7-22(23)35(31,32)28-20-8-16(18(26)9-19(20)27)15-4-2-3-5-21(15)34-12-13-10-29(11-13)24(14)30/h2-9,13,28H,10-12H2,1H3. The summed E-state index contributed by atoms with van der Waals surface area (Å²) in [7, 11) is -3.29. The Hall–Kier alpha value is -3.37. The number of benzene rings is 3. The third kappa shape index (κ3) is 4.17.